The second-order valence-electron chi connectivity index (χ2n) is 3.16. The summed E-state index contributed by atoms with van der Waals surface area (Å²) in [7, 11) is 0. The lowest BCUT2D eigenvalue weighted by Gasteiger charge is -2.22. The van der Waals surface area contributed by atoms with E-state index >= 15 is 0 Å². The zero-order chi connectivity index (χ0) is 7.56. The van der Waals surface area contributed by atoms with Gasteiger partial charge in [-0.2, -0.15) is 0 Å². The highest BCUT2D eigenvalue weighted by molar-refractivity contribution is 5.20. The molecular weight excluding hydrogens is 120 g/mol. The average Bonchev–Trinajstić information content (AvgIpc) is 1.95. The van der Waals surface area contributed by atoms with Crippen LogP contribution in [0, 0.1) is 11.8 Å². The summed E-state index contributed by atoms with van der Waals surface area (Å²) >= 11 is 0. The van der Waals surface area contributed by atoms with Crippen LogP contribution in [-0.4, -0.2) is 0 Å². The Morgan fingerprint density at radius 2 is 2.20 bits per heavy atom. The first kappa shape index (κ1) is 7.59. The van der Waals surface area contributed by atoms with Crippen LogP contribution in [0.2, 0.25) is 0 Å². The van der Waals surface area contributed by atoms with Crippen LogP contribution in [0.4, 0.5) is 0 Å². The molecule has 0 aromatic heterocycles. The monoisotopic (exact) mass is 136 g/mol. The van der Waals surface area contributed by atoms with Crippen LogP contribution in [0.3, 0.4) is 0 Å². The van der Waals surface area contributed by atoms with Gasteiger partial charge < -0.3 is 0 Å². The van der Waals surface area contributed by atoms with Gasteiger partial charge in [-0.25, -0.2) is 0 Å². The summed E-state index contributed by atoms with van der Waals surface area (Å²) in [4.78, 5) is 0. The first-order valence-electron chi connectivity index (χ1n) is 4.10. The first-order chi connectivity index (χ1) is 4.75. The summed E-state index contributed by atoms with van der Waals surface area (Å²) in [5.74, 6) is 1.54. The highest BCUT2D eigenvalue weighted by Crippen LogP contribution is 2.27. The molecule has 1 aliphatic rings. The predicted molar refractivity (Wildman–Crippen MR) is 45.8 cm³/mol. The molecule has 0 saturated heterocycles. The van der Waals surface area contributed by atoms with Crippen LogP contribution in [0.15, 0.2) is 23.8 Å². The molecule has 1 rings (SSSR count). The van der Waals surface area contributed by atoms with E-state index in [9.17, 15) is 0 Å². The van der Waals surface area contributed by atoms with Crippen LogP contribution in [-0.2, 0) is 0 Å². The maximum atomic E-state index is 2.32. The molecule has 56 valence electrons. The van der Waals surface area contributed by atoms with E-state index < -0.39 is 0 Å². The molecule has 0 aromatic rings. The van der Waals surface area contributed by atoms with E-state index in [-0.39, 0.29) is 0 Å². The largest absolute Gasteiger partial charge is 0.0808 e. The summed E-state index contributed by atoms with van der Waals surface area (Å²) in [6.07, 6.45) is 7.99. The molecule has 0 N–H and O–H groups in total. The molecule has 2 atom stereocenters. The minimum atomic E-state index is 0.759. The van der Waals surface area contributed by atoms with Crippen LogP contribution in [0.5, 0.6) is 0 Å². The van der Waals surface area contributed by atoms with Gasteiger partial charge in [-0.1, -0.05) is 37.6 Å². The number of hydrogen-bond donors (Lipinski definition) is 0. The van der Waals surface area contributed by atoms with E-state index in [1.54, 1.807) is 0 Å². The summed E-state index contributed by atoms with van der Waals surface area (Å²) in [5.41, 5.74) is 1.52. The topological polar surface area (TPSA) is 0 Å². The fourth-order valence-corrected chi connectivity index (χ4v) is 1.50. The van der Waals surface area contributed by atoms with Crippen molar-refractivity contribution in [3.63, 3.8) is 0 Å². The van der Waals surface area contributed by atoms with Crippen LogP contribution >= 0.6 is 0 Å². The molecule has 0 radical (unpaired) electrons. The molecule has 10 heavy (non-hydrogen) atoms. The van der Waals surface area contributed by atoms with Crippen molar-refractivity contribution in [2.24, 2.45) is 11.8 Å². The normalized spacial score (nSPS) is 32.1. The molecule has 0 saturated carbocycles. The molecule has 0 nitrogen and oxygen atoms in total. The van der Waals surface area contributed by atoms with Gasteiger partial charge in [0.1, 0.15) is 0 Å². The van der Waals surface area contributed by atoms with Crippen molar-refractivity contribution in [3.8, 4) is 0 Å². The van der Waals surface area contributed by atoms with Crippen LogP contribution in [0.25, 0.3) is 0 Å². The number of hydrogen-bond acceptors (Lipinski definition) is 0. The van der Waals surface area contributed by atoms with Gasteiger partial charge in [-0.05, 0) is 25.2 Å². The van der Waals surface area contributed by atoms with Crippen molar-refractivity contribution in [1.29, 1.82) is 0 Å². The molecule has 0 fully saturated rings. The second kappa shape index (κ2) is 3.05. The van der Waals surface area contributed by atoms with Crippen molar-refractivity contribution in [2.75, 3.05) is 0 Å². The zero-order valence-electron chi connectivity index (χ0n) is 7.09. The van der Waals surface area contributed by atoms with Gasteiger partial charge in [-0.15, -0.1) is 0 Å². The third-order valence-corrected chi connectivity index (χ3v) is 2.55. The van der Waals surface area contributed by atoms with Gasteiger partial charge in [0.25, 0.3) is 0 Å². The molecule has 0 aliphatic heterocycles. The molecule has 1 aliphatic carbocycles. The zero-order valence-corrected chi connectivity index (χ0v) is 7.09. The van der Waals surface area contributed by atoms with Gasteiger partial charge in [0.2, 0.25) is 0 Å². The fraction of sp³-hybridized carbons (Fsp3) is 0.600. The minimum Gasteiger partial charge on any atom is -0.0808 e. The summed E-state index contributed by atoms with van der Waals surface area (Å²) in [5, 5.41) is 0. The number of allylic oxidation sites excluding steroid dienone is 4. The fourth-order valence-electron chi connectivity index (χ4n) is 1.50. The van der Waals surface area contributed by atoms with E-state index in [0.29, 0.717) is 0 Å². The molecule has 0 spiro atoms. The summed E-state index contributed by atoms with van der Waals surface area (Å²) < 4.78 is 0. The first-order valence-corrected chi connectivity index (χ1v) is 4.10. The molecule has 0 amide bonds. The molecule has 2 unspecified atom stereocenters. The lowest BCUT2D eigenvalue weighted by atomic mass is 9.83. The minimum absolute atomic E-state index is 0.759. The van der Waals surface area contributed by atoms with Crippen molar-refractivity contribution in [3.05, 3.63) is 23.8 Å². The van der Waals surface area contributed by atoms with E-state index in [0.717, 1.165) is 11.8 Å². The Balaban J connectivity index is 2.68. The second-order valence-corrected chi connectivity index (χ2v) is 3.16. The Labute approximate surface area is 63.6 Å². The van der Waals surface area contributed by atoms with Gasteiger partial charge in [0, 0.05) is 0 Å². The predicted octanol–water partition coefficient (Wildman–Crippen LogP) is 3.16. The Bertz CT molecular complexity index is 163. The van der Waals surface area contributed by atoms with Crippen molar-refractivity contribution >= 4 is 0 Å². The molecule has 0 bridgehead atoms. The maximum absolute atomic E-state index is 2.32. The van der Waals surface area contributed by atoms with E-state index in [4.69, 9.17) is 0 Å². The van der Waals surface area contributed by atoms with Crippen molar-refractivity contribution in [2.45, 2.75) is 27.2 Å². The highest BCUT2D eigenvalue weighted by Gasteiger charge is 2.15. The molecule has 0 heterocycles. The Hall–Kier alpha value is -0.520. The van der Waals surface area contributed by atoms with E-state index in [2.05, 4.69) is 39.0 Å². The molecule has 0 heteroatoms. The van der Waals surface area contributed by atoms with Crippen LogP contribution < -0.4 is 0 Å². The smallest absolute Gasteiger partial charge is 0.0168 e. The maximum Gasteiger partial charge on any atom is -0.0168 e. The third kappa shape index (κ3) is 1.31. The average molecular weight is 136 g/mol. The van der Waals surface area contributed by atoms with Gasteiger partial charge >= 0.3 is 0 Å². The van der Waals surface area contributed by atoms with Crippen molar-refractivity contribution in [1.82, 2.24) is 0 Å². The summed E-state index contributed by atoms with van der Waals surface area (Å²) in [6.45, 7) is 6.78. The van der Waals surface area contributed by atoms with Crippen LogP contribution in [0.1, 0.15) is 27.2 Å². The Kier molecular flexibility index (Phi) is 2.31. The number of rotatable bonds is 1. The van der Waals surface area contributed by atoms with Gasteiger partial charge in [-0.3, -0.25) is 0 Å². The standard InChI is InChI=1S/C10H16/c1-4-10-7-5-6-8(2)9(10)3/h5-7,9-10H,4H2,1-3H3. The Morgan fingerprint density at radius 1 is 1.50 bits per heavy atom. The lowest BCUT2D eigenvalue weighted by molar-refractivity contribution is 0.469. The van der Waals surface area contributed by atoms with Crippen molar-refractivity contribution < 1.29 is 0 Å². The van der Waals surface area contributed by atoms with E-state index in [1.807, 2.05) is 0 Å². The Morgan fingerprint density at radius 3 is 2.70 bits per heavy atom. The lowest BCUT2D eigenvalue weighted by Crippen LogP contribution is -2.11. The molecule has 0 aromatic carbocycles. The SMILES string of the molecule is CCC1C=CC=C(C)C1C. The van der Waals surface area contributed by atoms with Gasteiger partial charge in [0.05, 0.1) is 0 Å². The third-order valence-electron chi connectivity index (χ3n) is 2.55. The van der Waals surface area contributed by atoms with Gasteiger partial charge in [0.15, 0.2) is 0 Å². The highest BCUT2D eigenvalue weighted by atomic mass is 14.2. The summed E-state index contributed by atoms with van der Waals surface area (Å²) in [6, 6.07) is 0. The van der Waals surface area contributed by atoms with E-state index in [1.165, 1.54) is 12.0 Å². The molecular formula is C10H16. The quantitative estimate of drug-likeness (QED) is 0.519.